The van der Waals surface area contributed by atoms with Gasteiger partial charge in [0.25, 0.3) is 0 Å². The molecular formula is C22H30N2O8S2. The Hall–Kier alpha value is -2.54. The van der Waals surface area contributed by atoms with Gasteiger partial charge in [-0.25, -0.2) is 16.8 Å². The third kappa shape index (κ3) is 7.23. The highest BCUT2D eigenvalue weighted by atomic mass is 32.2. The normalized spacial score (nSPS) is 17.4. The third-order valence-electron chi connectivity index (χ3n) is 4.92. The molecule has 0 atom stereocenters. The van der Waals surface area contributed by atoms with Gasteiger partial charge in [-0.1, -0.05) is 24.3 Å². The Morgan fingerprint density at radius 1 is 0.588 bits per heavy atom. The lowest BCUT2D eigenvalue weighted by molar-refractivity contribution is 0.0766. The molecule has 3 rings (SSSR count). The van der Waals surface area contributed by atoms with Crippen LogP contribution >= 0.6 is 0 Å². The topological polar surface area (TPSA) is 112 Å². The van der Waals surface area contributed by atoms with Crippen molar-refractivity contribution in [3.05, 3.63) is 48.5 Å². The Morgan fingerprint density at radius 2 is 0.971 bits per heavy atom. The van der Waals surface area contributed by atoms with Crippen molar-refractivity contribution in [2.75, 3.05) is 73.9 Å². The fourth-order valence-corrected chi connectivity index (χ4v) is 5.25. The Kier molecular flexibility index (Phi) is 9.00. The van der Waals surface area contributed by atoms with Crippen molar-refractivity contribution < 1.29 is 35.8 Å². The van der Waals surface area contributed by atoms with Crippen LogP contribution in [0, 0.1) is 0 Å². The molecule has 0 aliphatic carbocycles. The van der Waals surface area contributed by atoms with Gasteiger partial charge in [0, 0.05) is 0 Å². The molecule has 0 spiro atoms. The number of benzene rings is 2. The Labute approximate surface area is 201 Å². The summed E-state index contributed by atoms with van der Waals surface area (Å²) in [4.78, 5) is 0. The third-order valence-corrected chi connectivity index (χ3v) is 7.28. The van der Waals surface area contributed by atoms with Gasteiger partial charge in [0.15, 0.2) is 0 Å². The Morgan fingerprint density at radius 3 is 1.38 bits per heavy atom. The molecule has 0 saturated carbocycles. The summed E-state index contributed by atoms with van der Waals surface area (Å²) in [6.07, 6.45) is 2.22. The smallest absolute Gasteiger partial charge is 0.232 e. The molecule has 0 saturated heterocycles. The predicted molar refractivity (Wildman–Crippen MR) is 130 cm³/mol. The minimum atomic E-state index is -3.62. The molecular weight excluding hydrogens is 484 g/mol. The van der Waals surface area contributed by atoms with Crippen molar-refractivity contribution in [1.82, 2.24) is 0 Å². The summed E-state index contributed by atoms with van der Waals surface area (Å²) in [5.41, 5.74) is 0.787. The average molecular weight is 515 g/mol. The average Bonchev–Trinajstić information content (AvgIpc) is 2.77. The van der Waals surface area contributed by atoms with Crippen LogP contribution in [-0.2, 0) is 29.5 Å². The van der Waals surface area contributed by atoms with Crippen molar-refractivity contribution in [1.29, 1.82) is 0 Å². The van der Waals surface area contributed by atoms with E-state index in [0.717, 1.165) is 12.5 Å². The fourth-order valence-electron chi connectivity index (χ4n) is 3.42. The molecule has 2 aromatic carbocycles. The summed E-state index contributed by atoms with van der Waals surface area (Å²) in [6.45, 7) is 1.13. The maximum absolute atomic E-state index is 12.5. The molecule has 0 aromatic heterocycles. The van der Waals surface area contributed by atoms with Gasteiger partial charge in [0.2, 0.25) is 20.0 Å². The first-order chi connectivity index (χ1) is 16.2. The van der Waals surface area contributed by atoms with Gasteiger partial charge in [-0.2, -0.15) is 0 Å². The maximum Gasteiger partial charge on any atom is 0.232 e. The van der Waals surface area contributed by atoms with E-state index in [-0.39, 0.29) is 52.7 Å². The molecule has 0 N–H and O–H groups in total. The molecule has 12 heteroatoms. The summed E-state index contributed by atoms with van der Waals surface area (Å²) >= 11 is 0. The standard InChI is InChI=1S/C22H30N2O8S2/c1-33(25,26)23-11-13-29-14-12-24(34(2,27)28)20-8-4-6-10-22(20)32-18-16-30-15-17-31-21-9-5-3-7-19(21)23/h3-10H,11-18H2,1-2H3. The molecule has 2 aromatic rings. The molecule has 0 fully saturated rings. The van der Waals surface area contributed by atoms with Crippen molar-refractivity contribution in [2.45, 2.75) is 0 Å². The quantitative estimate of drug-likeness (QED) is 0.596. The summed E-state index contributed by atoms with van der Waals surface area (Å²) < 4.78 is 75.1. The predicted octanol–water partition coefficient (Wildman–Crippen LogP) is 1.72. The van der Waals surface area contributed by atoms with Gasteiger partial charge in [-0.05, 0) is 24.3 Å². The van der Waals surface area contributed by atoms with Gasteiger partial charge in [0.1, 0.15) is 24.7 Å². The van der Waals surface area contributed by atoms with Gasteiger partial charge in [0.05, 0.1) is 63.4 Å². The number of rotatable bonds is 2. The van der Waals surface area contributed by atoms with Crippen LogP contribution in [0.15, 0.2) is 48.5 Å². The highest BCUT2D eigenvalue weighted by Gasteiger charge is 2.23. The van der Waals surface area contributed by atoms with Crippen LogP contribution in [0.2, 0.25) is 0 Å². The molecule has 0 bridgehead atoms. The first-order valence-electron chi connectivity index (χ1n) is 10.7. The fraction of sp³-hybridized carbons (Fsp3) is 0.455. The summed E-state index contributed by atoms with van der Waals surface area (Å²) in [5.74, 6) is 0.817. The maximum atomic E-state index is 12.5. The molecule has 1 aliphatic rings. The molecule has 0 unspecified atom stereocenters. The van der Waals surface area contributed by atoms with E-state index in [1.165, 1.54) is 8.61 Å². The minimum absolute atomic E-state index is 0.0360. The van der Waals surface area contributed by atoms with Crippen molar-refractivity contribution in [3.8, 4) is 11.5 Å². The van der Waals surface area contributed by atoms with Crippen LogP contribution in [0.1, 0.15) is 0 Å². The lowest BCUT2D eigenvalue weighted by Crippen LogP contribution is -2.36. The van der Waals surface area contributed by atoms with Gasteiger partial charge < -0.3 is 18.9 Å². The molecule has 0 amide bonds. The number of hydrogen-bond donors (Lipinski definition) is 0. The van der Waals surface area contributed by atoms with Crippen molar-refractivity contribution >= 4 is 31.4 Å². The molecule has 10 nitrogen and oxygen atoms in total. The second-order valence-electron chi connectivity index (χ2n) is 7.53. The SMILES string of the molecule is CS(=O)(=O)N1CCOCCN(S(C)(=O)=O)c2ccccc2OCCOCCOc2ccccc21. The van der Waals surface area contributed by atoms with Crippen molar-refractivity contribution in [3.63, 3.8) is 0 Å². The highest BCUT2D eigenvalue weighted by Crippen LogP contribution is 2.31. The summed E-state index contributed by atoms with van der Waals surface area (Å²) in [5, 5.41) is 0. The number of nitrogens with zero attached hydrogens (tertiary/aromatic N) is 2. The number of fused-ring (bicyclic) bond motifs is 2. The molecule has 0 radical (unpaired) electrons. The number of hydrogen-bond acceptors (Lipinski definition) is 8. The second-order valence-corrected chi connectivity index (χ2v) is 11.3. The summed E-state index contributed by atoms with van der Waals surface area (Å²) in [6, 6.07) is 13.7. The van der Waals surface area contributed by atoms with Gasteiger partial charge in [-0.15, -0.1) is 0 Å². The molecule has 188 valence electrons. The van der Waals surface area contributed by atoms with Crippen LogP contribution in [0.25, 0.3) is 0 Å². The van der Waals surface area contributed by atoms with E-state index in [4.69, 9.17) is 18.9 Å². The van der Waals surface area contributed by atoms with E-state index >= 15 is 0 Å². The van der Waals surface area contributed by atoms with Gasteiger partial charge >= 0.3 is 0 Å². The minimum Gasteiger partial charge on any atom is -0.489 e. The first kappa shape index (κ1) is 26.1. The van der Waals surface area contributed by atoms with E-state index in [1.807, 2.05) is 0 Å². The van der Waals surface area contributed by atoms with Crippen LogP contribution in [0.4, 0.5) is 11.4 Å². The highest BCUT2D eigenvalue weighted by molar-refractivity contribution is 7.92. The lowest BCUT2D eigenvalue weighted by atomic mass is 10.3. The van der Waals surface area contributed by atoms with Crippen LogP contribution < -0.4 is 18.1 Å². The summed E-state index contributed by atoms with van der Waals surface area (Å²) in [7, 11) is -7.25. The number of para-hydroxylation sites is 4. The largest absolute Gasteiger partial charge is 0.489 e. The monoisotopic (exact) mass is 514 g/mol. The van der Waals surface area contributed by atoms with Crippen LogP contribution in [-0.4, -0.2) is 82.1 Å². The zero-order chi connectivity index (χ0) is 24.6. The second kappa shape index (κ2) is 11.7. The number of sulfonamides is 2. The number of ether oxygens (including phenoxy) is 4. The lowest BCUT2D eigenvalue weighted by Gasteiger charge is -2.26. The van der Waals surface area contributed by atoms with Crippen molar-refractivity contribution in [2.24, 2.45) is 0 Å². The van der Waals surface area contributed by atoms with Crippen LogP contribution in [0.5, 0.6) is 11.5 Å². The zero-order valence-corrected chi connectivity index (χ0v) is 20.9. The zero-order valence-electron chi connectivity index (χ0n) is 19.3. The number of anilines is 2. The molecule has 1 heterocycles. The Bertz CT molecular complexity index is 1070. The van der Waals surface area contributed by atoms with E-state index in [1.54, 1.807) is 48.5 Å². The van der Waals surface area contributed by atoms with E-state index in [9.17, 15) is 16.8 Å². The van der Waals surface area contributed by atoms with E-state index < -0.39 is 20.0 Å². The molecule has 1 aliphatic heterocycles. The van der Waals surface area contributed by atoms with E-state index in [0.29, 0.717) is 22.9 Å². The first-order valence-corrected chi connectivity index (χ1v) is 14.4. The molecule has 34 heavy (non-hydrogen) atoms. The van der Waals surface area contributed by atoms with E-state index in [2.05, 4.69) is 0 Å². The Balaban J connectivity index is 1.83. The van der Waals surface area contributed by atoms with Crippen LogP contribution in [0.3, 0.4) is 0 Å². The van der Waals surface area contributed by atoms with Gasteiger partial charge in [-0.3, -0.25) is 8.61 Å².